The molecule has 1 aliphatic carbocycles. The molecule has 3 rings (SSSR count). The minimum Gasteiger partial charge on any atom is -0.277 e. The maximum Gasteiger partial charge on any atom is 0.234 e. The largest absolute Gasteiger partial charge is 0.277 e. The number of likely N-dealkylation sites (tertiary alicyclic amines) is 1. The second-order valence-electron chi connectivity index (χ2n) is 6.93. The Morgan fingerprint density at radius 3 is 2.15 bits per heavy atom. The van der Waals surface area contributed by atoms with Gasteiger partial charge in [-0.3, -0.25) is 14.5 Å². The molecule has 1 saturated heterocycles. The van der Waals surface area contributed by atoms with Gasteiger partial charge in [-0.25, -0.2) is 4.39 Å². The third kappa shape index (κ3) is 1.51. The summed E-state index contributed by atoms with van der Waals surface area (Å²) < 4.78 is 13.4. The number of hydrogen-bond donors (Lipinski definition) is 0. The highest BCUT2D eigenvalue weighted by Crippen LogP contribution is 2.65. The van der Waals surface area contributed by atoms with Gasteiger partial charge in [0.2, 0.25) is 11.8 Å². The lowest BCUT2D eigenvalue weighted by Crippen LogP contribution is -2.49. The summed E-state index contributed by atoms with van der Waals surface area (Å²) in [5.74, 6) is -1.26. The first-order valence-electron chi connectivity index (χ1n) is 6.83. The zero-order chi connectivity index (χ0) is 14.9. The van der Waals surface area contributed by atoms with Crippen LogP contribution in [0.3, 0.4) is 0 Å². The Morgan fingerprint density at radius 2 is 1.70 bits per heavy atom. The van der Waals surface area contributed by atoms with Crippen molar-refractivity contribution in [2.45, 2.75) is 38.6 Å². The molecule has 3 atom stereocenters. The van der Waals surface area contributed by atoms with Crippen molar-refractivity contribution in [2.24, 2.45) is 11.8 Å². The predicted octanol–water partition coefficient (Wildman–Crippen LogP) is 2.50. The molecule has 0 spiro atoms. The van der Waals surface area contributed by atoms with Crippen LogP contribution >= 0.6 is 0 Å². The van der Waals surface area contributed by atoms with Gasteiger partial charge in [0.05, 0.1) is 11.8 Å². The average molecular weight is 275 g/mol. The van der Waals surface area contributed by atoms with Crippen molar-refractivity contribution in [3.63, 3.8) is 0 Å². The summed E-state index contributed by atoms with van der Waals surface area (Å²) in [6.07, 6.45) is 0. The average Bonchev–Trinajstić information content (AvgIpc) is 2.84. The van der Waals surface area contributed by atoms with Crippen LogP contribution in [0.5, 0.6) is 0 Å². The number of hydrogen-bond acceptors (Lipinski definition) is 2. The standard InChI is InChI=1S/C16H18FNO2/c1-15(2,3)18-13(19)11-12(14(18)20)16(11,4)9-6-5-7-10(17)8-9/h5-8,11-12H,1-4H3/t11-,12+,16?. The van der Waals surface area contributed by atoms with E-state index in [2.05, 4.69) is 0 Å². The third-order valence-corrected chi connectivity index (χ3v) is 4.61. The van der Waals surface area contributed by atoms with Gasteiger partial charge in [-0.1, -0.05) is 19.1 Å². The fraction of sp³-hybridized carbons (Fsp3) is 0.500. The lowest BCUT2D eigenvalue weighted by atomic mass is 9.90. The molecule has 2 amide bonds. The predicted molar refractivity (Wildman–Crippen MR) is 72.3 cm³/mol. The van der Waals surface area contributed by atoms with Gasteiger partial charge in [0.25, 0.3) is 0 Å². The molecule has 1 aliphatic heterocycles. The highest BCUT2D eigenvalue weighted by molar-refractivity contribution is 6.12. The van der Waals surface area contributed by atoms with Crippen molar-refractivity contribution in [1.29, 1.82) is 0 Å². The van der Waals surface area contributed by atoms with E-state index in [-0.39, 0.29) is 29.5 Å². The molecule has 3 nitrogen and oxygen atoms in total. The lowest BCUT2D eigenvalue weighted by molar-refractivity contribution is -0.147. The van der Waals surface area contributed by atoms with E-state index in [9.17, 15) is 14.0 Å². The van der Waals surface area contributed by atoms with E-state index in [0.29, 0.717) is 0 Å². The summed E-state index contributed by atoms with van der Waals surface area (Å²) in [6, 6.07) is 6.22. The van der Waals surface area contributed by atoms with Gasteiger partial charge < -0.3 is 0 Å². The van der Waals surface area contributed by atoms with E-state index in [0.717, 1.165) is 5.56 Å². The molecule has 106 valence electrons. The van der Waals surface area contributed by atoms with Crippen LogP contribution in [0.15, 0.2) is 24.3 Å². The molecule has 1 aromatic rings. The van der Waals surface area contributed by atoms with Crippen molar-refractivity contribution < 1.29 is 14.0 Å². The van der Waals surface area contributed by atoms with E-state index in [4.69, 9.17) is 0 Å². The maximum absolute atomic E-state index is 13.4. The molecule has 1 aromatic carbocycles. The van der Waals surface area contributed by atoms with E-state index >= 15 is 0 Å². The Balaban J connectivity index is 1.97. The zero-order valence-corrected chi connectivity index (χ0v) is 12.1. The highest BCUT2D eigenvalue weighted by atomic mass is 19.1. The van der Waals surface area contributed by atoms with E-state index in [1.807, 2.05) is 27.7 Å². The van der Waals surface area contributed by atoms with Crippen LogP contribution in [0, 0.1) is 17.7 Å². The number of nitrogens with zero attached hydrogens (tertiary/aromatic N) is 1. The lowest BCUT2D eigenvalue weighted by Gasteiger charge is -2.33. The minimum absolute atomic E-state index is 0.126. The van der Waals surface area contributed by atoms with Gasteiger partial charge in [0.15, 0.2) is 0 Å². The molecule has 4 heteroatoms. The van der Waals surface area contributed by atoms with Gasteiger partial charge in [-0.2, -0.15) is 0 Å². The Hall–Kier alpha value is -1.71. The molecule has 2 aliphatic rings. The summed E-state index contributed by atoms with van der Waals surface area (Å²) in [7, 11) is 0. The van der Waals surface area contributed by atoms with Crippen molar-refractivity contribution in [3.8, 4) is 0 Å². The number of benzene rings is 1. The summed E-state index contributed by atoms with van der Waals surface area (Å²) in [6.45, 7) is 7.44. The van der Waals surface area contributed by atoms with Crippen LogP contribution in [0.4, 0.5) is 4.39 Å². The second kappa shape index (κ2) is 3.68. The molecule has 1 heterocycles. The first-order chi connectivity index (χ1) is 9.19. The van der Waals surface area contributed by atoms with Crippen molar-refractivity contribution in [3.05, 3.63) is 35.6 Å². The number of imide groups is 1. The molecule has 0 bridgehead atoms. The van der Waals surface area contributed by atoms with Crippen LogP contribution in [0.25, 0.3) is 0 Å². The Labute approximate surface area is 117 Å². The van der Waals surface area contributed by atoms with E-state index in [1.54, 1.807) is 12.1 Å². The normalized spacial score (nSPS) is 32.5. The van der Waals surface area contributed by atoms with Crippen LogP contribution in [0.1, 0.15) is 33.3 Å². The zero-order valence-electron chi connectivity index (χ0n) is 12.1. The van der Waals surface area contributed by atoms with E-state index in [1.165, 1.54) is 17.0 Å². The SMILES string of the molecule is CC1(c2cccc(F)c2)[C@@H]2C(=O)N(C(C)(C)C)C(=O)[C@@H]21. The van der Waals surface area contributed by atoms with Crippen LogP contribution in [0.2, 0.25) is 0 Å². The molecule has 1 saturated carbocycles. The number of halogens is 1. The fourth-order valence-corrected chi connectivity index (χ4v) is 3.54. The fourth-order valence-electron chi connectivity index (χ4n) is 3.54. The molecule has 1 unspecified atom stereocenters. The Morgan fingerprint density at radius 1 is 1.15 bits per heavy atom. The first kappa shape index (κ1) is 13.3. The number of piperidine rings is 1. The molecule has 0 N–H and O–H groups in total. The molecular weight excluding hydrogens is 257 g/mol. The third-order valence-electron chi connectivity index (χ3n) is 4.61. The van der Waals surface area contributed by atoms with Crippen molar-refractivity contribution >= 4 is 11.8 Å². The number of rotatable bonds is 1. The quantitative estimate of drug-likeness (QED) is 0.738. The van der Waals surface area contributed by atoms with Crippen LogP contribution in [-0.4, -0.2) is 22.3 Å². The number of amides is 2. The van der Waals surface area contributed by atoms with Crippen LogP contribution in [-0.2, 0) is 15.0 Å². The number of carbonyl (C=O) groups excluding carboxylic acids is 2. The monoisotopic (exact) mass is 275 g/mol. The smallest absolute Gasteiger partial charge is 0.234 e. The van der Waals surface area contributed by atoms with Gasteiger partial charge in [0.1, 0.15) is 5.82 Å². The topological polar surface area (TPSA) is 37.4 Å². The van der Waals surface area contributed by atoms with Gasteiger partial charge in [-0.15, -0.1) is 0 Å². The number of carbonyl (C=O) groups is 2. The Bertz CT molecular complexity index is 595. The van der Waals surface area contributed by atoms with Gasteiger partial charge in [0, 0.05) is 11.0 Å². The molecule has 2 fully saturated rings. The summed E-state index contributed by atoms with van der Waals surface area (Å²) in [5, 5.41) is 0. The molecule has 0 radical (unpaired) electrons. The first-order valence-corrected chi connectivity index (χ1v) is 6.83. The second-order valence-corrected chi connectivity index (χ2v) is 6.93. The van der Waals surface area contributed by atoms with Gasteiger partial charge in [-0.05, 0) is 38.5 Å². The van der Waals surface area contributed by atoms with E-state index < -0.39 is 11.0 Å². The highest BCUT2D eigenvalue weighted by Gasteiger charge is 2.76. The summed E-state index contributed by atoms with van der Waals surface area (Å²) >= 11 is 0. The maximum atomic E-state index is 13.4. The van der Waals surface area contributed by atoms with Crippen molar-refractivity contribution in [2.75, 3.05) is 0 Å². The number of fused-ring (bicyclic) bond motifs is 1. The van der Waals surface area contributed by atoms with Crippen molar-refractivity contribution in [1.82, 2.24) is 4.90 Å². The molecule has 20 heavy (non-hydrogen) atoms. The summed E-state index contributed by atoms with van der Waals surface area (Å²) in [4.78, 5) is 26.3. The minimum atomic E-state index is -0.544. The summed E-state index contributed by atoms with van der Waals surface area (Å²) in [5.41, 5.74) is -0.301. The Kier molecular flexibility index (Phi) is 2.45. The molecule has 0 aromatic heterocycles. The molecular formula is C16H18FNO2. The van der Waals surface area contributed by atoms with Gasteiger partial charge >= 0.3 is 0 Å². The van der Waals surface area contributed by atoms with Crippen LogP contribution < -0.4 is 0 Å².